The van der Waals surface area contributed by atoms with E-state index in [1.807, 2.05) is 12.1 Å². The van der Waals surface area contributed by atoms with E-state index in [0.717, 1.165) is 61.4 Å². The molecule has 0 aliphatic heterocycles. The summed E-state index contributed by atoms with van der Waals surface area (Å²) in [5.41, 5.74) is 15.6. The van der Waals surface area contributed by atoms with Crippen LogP contribution in [0.15, 0.2) is 235 Å². The number of furan rings is 1. The Bertz CT molecular complexity index is 3520. The lowest BCUT2D eigenvalue weighted by Gasteiger charge is -2.28. The highest BCUT2D eigenvalue weighted by atomic mass is 16.3. The van der Waals surface area contributed by atoms with Crippen molar-refractivity contribution in [2.24, 2.45) is 0 Å². The van der Waals surface area contributed by atoms with Crippen LogP contribution in [-0.4, -0.2) is 4.57 Å². The van der Waals surface area contributed by atoms with Gasteiger partial charge in [-0.15, -0.1) is 0 Å². The molecule has 3 nitrogen and oxygen atoms in total. The number of rotatable bonds is 7. The third kappa shape index (κ3) is 5.82. The minimum atomic E-state index is 0.898. The molecule has 0 fully saturated rings. The predicted molar refractivity (Wildman–Crippen MR) is 257 cm³/mol. The summed E-state index contributed by atoms with van der Waals surface area (Å²) in [5, 5.41) is 7.26. The number of para-hydroxylation sites is 4. The zero-order valence-corrected chi connectivity index (χ0v) is 33.2. The summed E-state index contributed by atoms with van der Waals surface area (Å²) < 4.78 is 8.63. The summed E-state index contributed by atoms with van der Waals surface area (Å²) >= 11 is 0. The quantitative estimate of drug-likeness (QED) is 0.161. The molecule has 0 atom stereocenters. The number of hydrogen-bond donors (Lipinski definition) is 0. The first-order valence-corrected chi connectivity index (χ1v) is 20.8. The van der Waals surface area contributed by atoms with Gasteiger partial charge in [-0.05, 0) is 105 Å². The lowest BCUT2D eigenvalue weighted by Crippen LogP contribution is -2.11. The van der Waals surface area contributed by atoms with Gasteiger partial charge in [-0.25, -0.2) is 0 Å². The summed E-state index contributed by atoms with van der Waals surface area (Å²) in [6, 6.07) is 82.9. The monoisotopic (exact) mass is 778 g/mol. The van der Waals surface area contributed by atoms with Crippen molar-refractivity contribution in [1.82, 2.24) is 4.57 Å². The first-order valence-electron chi connectivity index (χ1n) is 20.8. The Morgan fingerprint density at radius 2 is 0.820 bits per heavy atom. The molecule has 3 heteroatoms. The highest BCUT2D eigenvalue weighted by molar-refractivity contribution is 6.13. The van der Waals surface area contributed by atoms with Crippen molar-refractivity contribution < 1.29 is 4.42 Å². The fourth-order valence-corrected chi connectivity index (χ4v) is 9.40. The summed E-state index contributed by atoms with van der Waals surface area (Å²) in [6.07, 6.45) is 0. The Morgan fingerprint density at radius 1 is 0.328 bits per heavy atom. The molecular formula is C58H38N2O. The third-order valence-electron chi connectivity index (χ3n) is 12.2. The second-order valence-corrected chi connectivity index (χ2v) is 15.7. The van der Waals surface area contributed by atoms with E-state index in [-0.39, 0.29) is 0 Å². The first-order chi connectivity index (χ1) is 30.3. The van der Waals surface area contributed by atoms with E-state index in [1.54, 1.807) is 0 Å². The smallest absolute Gasteiger partial charge is 0.136 e. The fourth-order valence-electron chi connectivity index (χ4n) is 9.40. The first kappa shape index (κ1) is 34.9. The van der Waals surface area contributed by atoms with Crippen molar-refractivity contribution in [3.05, 3.63) is 231 Å². The molecule has 0 radical (unpaired) electrons. The normalized spacial score (nSPS) is 11.6. The van der Waals surface area contributed by atoms with Crippen LogP contribution in [0.25, 0.3) is 93.6 Å². The summed E-state index contributed by atoms with van der Waals surface area (Å²) in [7, 11) is 0. The molecule has 286 valence electrons. The van der Waals surface area contributed by atoms with Crippen LogP contribution in [0.5, 0.6) is 0 Å². The van der Waals surface area contributed by atoms with Gasteiger partial charge < -0.3 is 13.9 Å². The Balaban J connectivity index is 0.956. The van der Waals surface area contributed by atoms with Crippen LogP contribution in [0.1, 0.15) is 0 Å². The molecule has 10 aromatic carbocycles. The third-order valence-corrected chi connectivity index (χ3v) is 12.2. The van der Waals surface area contributed by atoms with Crippen LogP contribution in [0.3, 0.4) is 0 Å². The minimum Gasteiger partial charge on any atom is -0.456 e. The second kappa shape index (κ2) is 14.3. The van der Waals surface area contributed by atoms with E-state index in [0.29, 0.717) is 0 Å². The Hall–Kier alpha value is -8.14. The predicted octanol–water partition coefficient (Wildman–Crippen LogP) is 16.3. The van der Waals surface area contributed by atoms with Crippen molar-refractivity contribution in [2.45, 2.75) is 0 Å². The molecule has 12 aromatic rings. The van der Waals surface area contributed by atoms with Crippen molar-refractivity contribution in [3.63, 3.8) is 0 Å². The number of nitrogens with zero attached hydrogens (tertiary/aromatic N) is 2. The highest BCUT2D eigenvalue weighted by Crippen LogP contribution is 2.44. The molecular weight excluding hydrogens is 741 g/mol. The zero-order chi connectivity index (χ0) is 40.3. The van der Waals surface area contributed by atoms with Crippen LogP contribution in [0.2, 0.25) is 0 Å². The van der Waals surface area contributed by atoms with E-state index >= 15 is 0 Å². The van der Waals surface area contributed by atoms with Crippen molar-refractivity contribution in [1.29, 1.82) is 0 Å². The van der Waals surface area contributed by atoms with Crippen LogP contribution >= 0.6 is 0 Å². The molecule has 61 heavy (non-hydrogen) atoms. The molecule has 0 saturated heterocycles. The molecule has 2 aromatic heterocycles. The fraction of sp³-hybridized carbons (Fsp3) is 0. The number of aromatic nitrogens is 1. The average Bonchev–Trinajstić information content (AvgIpc) is 3.88. The molecule has 0 spiro atoms. The van der Waals surface area contributed by atoms with Crippen molar-refractivity contribution in [2.75, 3.05) is 4.90 Å². The largest absolute Gasteiger partial charge is 0.456 e. The van der Waals surface area contributed by atoms with Gasteiger partial charge in [0.05, 0.1) is 16.7 Å². The molecule has 2 heterocycles. The minimum absolute atomic E-state index is 0.898. The van der Waals surface area contributed by atoms with Crippen LogP contribution in [0, 0.1) is 0 Å². The van der Waals surface area contributed by atoms with Crippen LogP contribution in [0.4, 0.5) is 17.1 Å². The molecule has 0 amide bonds. The van der Waals surface area contributed by atoms with Gasteiger partial charge in [0.1, 0.15) is 11.2 Å². The van der Waals surface area contributed by atoms with Crippen molar-refractivity contribution in [3.8, 4) is 39.1 Å². The standard InChI is InChI=1S/C58H38N2O/c1-2-15-46-41(13-1)14-11-21-48(46)49-16-3-7-22-53(49)59(44-37-31-42(32-38-44)47-20-12-26-57-58(47)52-19-6-10-25-56(52)61-57)43-33-27-39(28-34-43)40-29-35-45(36-30-40)60-54-23-8-4-17-50(54)51-18-5-9-24-55(51)60/h1-38H. The van der Waals surface area contributed by atoms with Gasteiger partial charge in [0.15, 0.2) is 0 Å². The van der Waals surface area contributed by atoms with Gasteiger partial charge >= 0.3 is 0 Å². The zero-order valence-electron chi connectivity index (χ0n) is 33.2. The molecule has 0 bridgehead atoms. The molecule has 0 saturated carbocycles. The summed E-state index contributed by atoms with van der Waals surface area (Å²) in [4.78, 5) is 2.39. The highest BCUT2D eigenvalue weighted by Gasteiger charge is 2.20. The van der Waals surface area contributed by atoms with Gasteiger partial charge in [0.2, 0.25) is 0 Å². The van der Waals surface area contributed by atoms with E-state index in [4.69, 9.17) is 4.42 Å². The SMILES string of the molecule is c1ccc(N(c2ccc(-c3ccc(-n4c5ccccc5c5ccccc54)cc3)cc2)c2ccc(-c3cccc4oc5ccccc5c34)cc2)c(-c2cccc3ccccc23)c1. The topological polar surface area (TPSA) is 21.3 Å². The molecule has 0 unspecified atom stereocenters. The number of benzene rings is 10. The van der Waals surface area contributed by atoms with Gasteiger partial charge in [0, 0.05) is 44.2 Å². The maximum atomic E-state index is 6.26. The maximum Gasteiger partial charge on any atom is 0.136 e. The lowest BCUT2D eigenvalue weighted by atomic mass is 9.95. The number of fused-ring (bicyclic) bond motifs is 7. The van der Waals surface area contributed by atoms with Gasteiger partial charge in [-0.3, -0.25) is 0 Å². The average molecular weight is 779 g/mol. The van der Waals surface area contributed by atoms with Gasteiger partial charge in [0.25, 0.3) is 0 Å². The Morgan fingerprint density at radius 3 is 1.54 bits per heavy atom. The lowest BCUT2D eigenvalue weighted by molar-refractivity contribution is 0.669. The maximum absolute atomic E-state index is 6.26. The Labute approximate surface area is 353 Å². The van der Waals surface area contributed by atoms with E-state index in [1.165, 1.54) is 49.3 Å². The summed E-state index contributed by atoms with van der Waals surface area (Å²) in [5.74, 6) is 0. The number of anilines is 3. The molecule has 12 rings (SSSR count). The van der Waals surface area contributed by atoms with Crippen LogP contribution in [-0.2, 0) is 0 Å². The molecule has 0 aliphatic rings. The molecule has 0 N–H and O–H groups in total. The molecule has 0 aliphatic carbocycles. The number of hydrogen-bond acceptors (Lipinski definition) is 2. The van der Waals surface area contributed by atoms with Gasteiger partial charge in [-0.1, -0.05) is 164 Å². The second-order valence-electron chi connectivity index (χ2n) is 15.7. The van der Waals surface area contributed by atoms with Gasteiger partial charge in [-0.2, -0.15) is 0 Å². The van der Waals surface area contributed by atoms with Crippen molar-refractivity contribution >= 4 is 71.6 Å². The van der Waals surface area contributed by atoms with Crippen LogP contribution < -0.4 is 4.90 Å². The van der Waals surface area contributed by atoms with E-state index in [9.17, 15) is 0 Å². The summed E-state index contributed by atoms with van der Waals surface area (Å²) in [6.45, 7) is 0. The Kier molecular flexibility index (Phi) is 8.17. The van der Waals surface area contributed by atoms with E-state index < -0.39 is 0 Å². The van der Waals surface area contributed by atoms with E-state index in [2.05, 4.69) is 228 Å².